The van der Waals surface area contributed by atoms with Crippen molar-refractivity contribution >= 4 is 11.6 Å². The molecule has 2 aromatic heterocycles. The van der Waals surface area contributed by atoms with E-state index < -0.39 is 0 Å². The van der Waals surface area contributed by atoms with Crippen molar-refractivity contribution in [2.75, 3.05) is 31.2 Å². The van der Waals surface area contributed by atoms with Crippen LogP contribution in [-0.4, -0.2) is 42.4 Å². The molecule has 1 amide bonds. The first kappa shape index (κ1) is 16.4. The van der Waals surface area contributed by atoms with Crippen LogP contribution in [0.15, 0.2) is 28.9 Å². The van der Waals surface area contributed by atoms with Crippen LogP contribution in [0.2, 0.25) is 0 Å². The lowest BCUT2D eigenvalue weighted by Gasteiger charge is -2.28. The van der Waals surface area contributed by atoms with E-state index in [2.05, 4.69) is 20.4 Å². The fourth-order valence-corrected chi connectivity index (χ4v) is 2.50. The van der Waals surface area contributed by atoms with E-state index >= 15 is 0 Å². The summed E-state index contributed by atoms with van der Waals surface area (Å²) in [7, 11) is 0. The van der Waals surface area contributed by atoms with Crippen LogP contribution in [0.25, 0.3) is 0 Å². The second-order valence-electron chi connectivity index (χ2n) is 6.05. The third kappa shape index (κ3) is 3.91. The van der Waals surface area contributed by atoms with Crippen LogP contribution in [-0.2, 0) is 11.3 Å². The SMILES string of the molecule is CC(C)c1cc(CNC(=O)c2cc(N3CCOCC3)ccn2)on1. The quantitative estimate of drug-likeness (QED) is 0.903. The number of rotatable bonds is 5. The molecule has 0 bridgehead atoms. The van der Waals surface area contributed by atoms with E-state index in [1.807, 2.05) is 26.0 Å². The summed E-state index contributed by atoms with van der Waals surface area (Å²) in [5, 5.41) is 6.80. The molecule has 1 fully saturated rings. The van der Waals surface area contributed by atoms with E-state index in [9.17, 15) is 4.79 Å². The average molecular weight is 330 g/mol. The maximum atomic E-state index is 12.3. The van der Waals surface area contributed by atoms with E-state index in [4.69, 9.17) is 9.26 Å². The summed E-state index contributed by atoms with van der Waals surface area (Å²) in [5.74, 6) is 0.703. The van der Waals surface area contributed by atoms with Gasteiger partial charge in [-0.25, -0.2) is 0 Å². The number of ether oxygens (including phenoxy) is 1. The fourth-order valence-electron chi connectivity index (χ4n) is 2.50. The number of nitrogens with one attached hydrogen (secondary N) is 1. The summed E-state index contributed by atoms with van der Waals surface area (Å²) in [6.45, 7) is 7.42. The zero-order valence-corrected chi connectivity index (χ0v) is 14.0. The Kier molecular flexibility index (Phi) is 5.10. The molecule has 0 spiro atoms. The normalized spacial score (nSPS) is 14.9. The van der Waals surface area contributed by atoms with Gasteiger partial charge in [-0.05, 0) is 18.1 Å². The van der Waals surface area contributed by atoms with Crippen molar-refractivity contribution in [1.29, 1.82) is 0 Å². The highest BCUT2D eigenvalue weighted by atomic mass is 16.5. The van der Waals surface area contributed by atoms with E-state index in [1.165, 1.54) is 0 Å². The van der Waals surface area contributed by atoms with Gasteiger partial charge in [0.2, 0.25) is 0 Å². The number of nitrogens with zero attached hydrogens (tertiary/aromatic N) is 3. The van der Waals surface area contributed by atoms with Crippen molar-refractivity contribution in [2.45, 2.75) is 26.3 Å². The van der Waals surface area contributed by atoms with E-state index in [-0.39, 0.29) is 5.91 Å². The van der Waals surface area contributed by atoms with Gasteiger partial charge in [0.15, 0.2) is 5.76 Å². The lowest BCUT2D eigenvalue weighted by molar-refractivity contribution is 0.0942. The van der Waals surface area contributed by atoms with Gasteiger partial charge in [-0.1, -0.05) is 19.0 Å². The molecule has 3 heterocycles. The average Bonchev–Trinajstić information content (AvgIpc) is 3.10. The molecular formula is C17H22N4O3. The van der Waals surface area contributed by atoms with Crippen LogP contribution in [0.1, 0.15) is 41.7 Å². The van der Waals surface area contributed by atoms with Crippen LogP contribution in [0.5, 0.6) is 0 Å². The Morgan fingerprint density at radius 1 is 1.33 bits per heavy atom. The Hall–Kier alpha value is -2.41. The third-order valence-electron chi connectivity index (χ3n) is 3.94. The molecule has 0 radical (unpaired) electrons. The van der Waals surface area contributed by atoms with Gasteiger partial charge in [0.25, 0.3) is 5.91 Å². The number of hydrogen-bond acceptors (Lipinski definition) is 6. The summed E-state index contributed by atoms with van der Waals surface area (Å²) in [4.78, 5) is 18.7. The molecular weight excluding hydrogens is 308 g/mol. The summed E-state index contributed by atoms with van der Waals surface area (Å²) in [5.41, 5.74) is 2.26. The summed E-state index contributed by atoms with van der Waals surface area (Å²) in [6.07, 6.45) is 1.66. The summed E-state index contributed by atoms with van der Waals surface area (Å²) >= 11 is 0. The van der Waals surface area contributed by atoms with Gasteiger partial charge in [-0.2, -0.15) is 0 Å². The molecule has 0 unspecified atom stereocenters. The number of anilines is 1. The van der Waals surface area contributed by atoms with Crippen molar-refractivity contribution in [1.82, 2.24) is 15.5 Å². The van der Waals surface area contributed by atoms with Crippen LogP contribution < -0.4 is 10.2 Å². The highest BCUT2D eigenvalue weighted by Crippen LogP contribution is 2.17. The van der Waals surface area contributed by atoms with Crippen LogP contribution in [0, 0.1) is 0 Å². The van der Waals surface area contributed by atoms with Gasteiger partial charge in [0, 0.05) is 31.0 Å². The molecule has 1 saturated heterocycles. The largest absolute Gasteiger partial charge is 0.378 e. The third-order valence-corrected chi connectivity index (χ3v) is 3.94. The van der Waals surface area contributed by atoms with Gasteiger partial charge < -0.3 is 19.5 Å². The van der Waals surface area contributed by atoms with Crippen molar-refractivity contribution < 1.29 is 14.1 Å². The topological polar surface area (TPSA) is 80.5 Å². The summed E-state index contributed by atoms with van der Waals surface area (Å²) < 4.78 is 10.6. The molecule has 0 aliphatic carbocycles. The Morgan fingerprint density at radius 3 is 2.83 bits per heavy atom. The van der Waals surface area contributed by atoms with Gasteiger partial charge >= 0.3 is 0 Å². The highest BCUT2D eigenvalue weighted by Gasteiger charge is 2.15. The maximum absolute atomic E-state index is 12.3. The predicted molar refractivity (Wildman–Crippen MR) is 89.0 cm³/mol. The van der Waals surface area contributed by atoms with Gasteiger partial charge in [0.1, 0.15) is 5.69 Å². The van der Waals surface area contributed by atoms with Crippen LogP contribution in [0.4, 0.5) is 5.69 Å². The Morgan fingerprint density at radius 2 is 2.12 bits per heavy atom. The fraction of sp³-hybridized carbons (Fsp3) is 0.471. The molecule has 1 N–H and O–H groups in total. The van der Waals surface area contributed by atoms with E-state index in [1.54, 1.807) is 12.3 Å². The Labute approximate surface area is 141 Å². The minimum Gasteiger partial charge on any atom is -0.378 e. The molecule has 24 heavy (non-hydrogen) atoms. The molecule has 1 aliphatic heterocycles. The summed E-state index contributed by atoms with van der Waals surface area (Å²) in [6, 6.07) is 5.58. The molecule has 1 aliphatic rings. The Bertz CT molecular complexity index is 693. The highest BCUT2D eigenvalue weighted by molar-refractivity contribution is 5.93. The Balaban J connectivity index is 1.61. The van der Waals surface area contributed by atoms with E-state index in [0.29, 0.717) is 37.1 Å². The monoisotopic (exact) mass is 330 g/mol. The number of carbonyl (C=O) groups is 1. The maximum Gasteiger partial charge on any atom is 0.270 e. The van der Waals surface area contributed by atoms with Crippen molar-refractivity contribution in [3.63, 3.8) is 0 Å². The molecule has 7 nitrogen and oxygen atoms in total. The minimum absolute atomic E-state index is 0.229. The number of pyridine rings is 1. The molecule has 3 rings (SSSR count). The number of morpholine rings is 1. The van der Waals surface area contributed by atoms with Gasteiger partial charge in [-0.15, -0.1) is 0 Å². The van der Waals surface area contributed by atoms with Crippen molar-refractivity contribution in [3.05, 3.63) is 41.5 Å². The molecule has 0 aromatic carbocycles. The van der Waals surface area contributed by atoms with Crippen LogP contribution >= 0.6 is 0 Å². The second kappa shape index (κ2) is 7.44. The first-order chi connectivity index (χ1) is 11.6. The van der Waals surface area contributed by atoms with E-state index in [0.717, 1.165) is 24.5 Å². The van der Waals surface area contributed by atoms with Gasteiger partial charge in [-0.3, -0.25) is 9.78 Å². The smallest absolute Gasteiger partial charge is 0.270 e. The molecule has 7 heteroatoms. The van der Waals surface area contributed by atoms with Crippen molar-refractivity contribution in [3.8, 4) is 0 Å². The standard InChI is InChI=1S/C17H22N4O3/c1-12(2)15-10-14(24-20-15)11-19-17(22)16-9-13(3-4-18-16)21-5-7-23-8-6-21/h3-4,9-10,12H,5-8,11H2,1-2H3,(H,19,22). The zero-order valence-electron chi connectivity index (χ0n) is 14.0. The first-order valence-corrected chi connectivity index (χ1v) is 8.16. The van der Waals surface area contributed by atoms with Crippen molar-refractivity contribution in [2.24, 2.45) is 0 Å². The number of carbonyl (C=O) groups excluding carboxylic acids is 1. The van der Waals surface area contributed by atoms with Crippen LogP contribution in [0.3, 0.4) is 0 Å². The lowest BCUT2D eigenvalue weighted by atomic mass is 10.1. The van der Waals surface area contributed by atoms with Gasteiger partial charge in [0.05, 0.1) is 25.5 Å². The lowest BCUT2D eigenvalue weighted by Crippen LogP contribution is -2.36. The predicted octanol–water partition coefficient (Wildman–Crippen LogP) is 1.96. The molecule has 0 atom stereocenters. The molecule has 2 aromatic rings. The zero-order chi connectivity index (χ0) is 16.9. The number of hydrogen-bond donors (Lipinski definition) is 1. The molecule has 128 valence electrons. The molecule has 0 saturated carbocycles. The number of amides is 1. The second-order valence-corrected chi connectivity index (χ2v) is 6.05. The number of aromatic nitrogens is 2. The minimum atomic E-state index is -0.229. The first-order valence-electron chi connectivity index (χ1n) is 8.16.